The number of nitrogens with zero attached hydrogens (tertiary/aromatic N) is 2. The predicted octanol–water partition coefficient (Wildman–Crippen LogP) is 2.65. The number of carbonyl (C=O) groups excluding carboxylic acids is 1. The molecule has 104 valence electrons. The Morgan fingerprint density at radius 1 is 1.35 bits per heavy atom. The molecule has 20 heavy (non-hydrogen) atoms. The van der Waals surface area contributed by atoms with Crippen LogP contribution in [-0.4, -0.2) is 12.5 Å². The van der Waals surface area contributed by atoms with Gasteiger partial charge in [-0.2, -0.15) is 5.26 Å². The van der Waals surface area contributed by atoms with Gasteiger partial charge in [-0.1, -0.05) is 12.1 Å². The van der Waals surface area contributed by atoms with Gasteiger partial charge >= 0.3 is 0 Å². The van der Waals surface area contributed by atoms with Crippen LogP contribution < -0.4 is 11.5 Å². The Morgan fingerprint density at radius 2 is 2.10 bits per heavy atom. The molecule has 4 N–H and O–H groups in total. The molecule has 1 unspecified atom stereocenters. The molecule has 0 aliphatic carbocycles. The lowest BCUT2D eigenvalue weighted by molar-refractivity contribution is -0.102. The largest absolute Gasteiger partial charge is 0.380 e. The number of allylic oxidation sites excluding steroid dienone is 1. The van der Waals surface area contributed by atoms with Gasteiger partial charge in [-0.25, -0.2) is 0 Å². The van der Waals surface area contributed by atoms with E-state index >= 15 is 0 Å². The van der Waals surface area contributed by atoms with Crippen molar-refractivity contribution in [3.8, 4) is 6.07 Å². The summed E-state index contributed by atoms with van der Waals surface area (Å²) in [6.45, 7) is 0. The van der Waals surface area contributed by atoms with E-state index in [1.165, 1.54) is 11.8 Å². The van der Waals surface area contributed by atoms with Gasteiger partial charge in [0, 0.05) is 11.9 Å². The smallest absolute Gasteiger partial charge is 0.161 e. The van der Waals surface area contributed by atoms with E-state index < -0.39 is 0 Å². The normalized spacial score (nSPS) is 19.9. The molecule has 1 aromatic rings. The van der Waals surface area contributed by atoms with Gasteiger partial charge in [0.05, 0.1) is 23.9 Å². The fourth-order valence-corrected chi connectivity index (χ4v) is 2.17. The fourth-order valence-electron chi connectivity index (χ4n) is 2.17. The molecule has 1 fully saturated rings. The first-order valence-corrected chi connectivity index (χ1v) is 6.26. The number of rotatable bonds is 3. The van der Waals surface area contributed by atoms with E-state index in [9.17, 15) is 4.79 Å². The van der Waals surface area contributed by atoms with Gasteiger partial charge in [0.2, 0.25) is 0 Å². The average molecular weight is 270 g/mol. The minimum Gasteiger partial charge on any atom is -0.380 e. The third-order valence-corrected chi connectivity index (χ3v) is 3.12. The summed E-state index contributed by atoms with van der Waals surface area (Å²) < 4.78 is 0. The van der Waals surface area contributed by atoms with Crippen molar-refractivity contribution >= 4 is 12.5 Å². The molecule has 1 aromatic carbocycles. The molecule has 1 atom stereocenters. The lowest BCUT2D eigenvalue weighted by atomic mass is 9.95. The van der Waals surface area contributed by atoms with Gasteiger partial charge in [-0.15, -0.1) is 0 Å². The van der Waals surface area contributed by atoms with Crippen LogP contribution in [0.25, 0.3) is 0 Å². The highest BCUT2D eigenvalue weighted by molar-refractivity contribution is 6.13. The summed E-state index contributed by atoms with van der Waals surface area (Å²) in [4.78, 5) is 14.1. The van der Waals surface area contributed by atoms with Crippen LogP contribution in [0.1, 0.15) is 36.4 Å². The quantitative estimate of drug-likeness (QED) is 0.651. The lowest BCUT2D eigenvalue weighted by Gasteiger charge is -2.27. The van der Waals surface area contributed by atoms with E-state index in [-0.39, 0.29) is 12.2 Å². The van der Waals surface area contributed by atoms with Gasteiger partial charge in [-0.3, -0.25) is 9.79 Å². The minimum absolute atomic E-state index is 0. The lowest BCUT2D eigenvalue weighted by Crippen LogP contribution is -2.25. The molecular formula is C15H18N4O. The van der Waals surface area contributed by atoms with Crippen LogP contribution in [-0.2, 0) is 4.79 Å². The number of hydrogen-bond acceptors (Lipinski definition) is 5. The number of aliphatic imine (C=N–C) groups is 1. The Hall–Kier alpha value is -2.45. The minimum atomic E-state index is 0. The summed E-state index contributed by atoms with van der Waals surface area (Å²) in [5.41, 5.74) is 2.88. The maximum absolute atomic E-state index is 10.2. The fraction of sp³-hybridized carbons (Fsp3) is 0.267. The Labute approximate surface area is 118 Å². The van der Waals surface area contributed by atoms with Crippen LogP contribution in [0, 0.1) is 11.3 Å². The number of carbonyl (C=O) groups is 1. The number of nitriles is 1. The topological polar surface area (TPSA) is 100 Å². The van der Waals surface area contributed by atoms with E-state index in [2.05, 4.69) is 16.4 Å². The van der Waals surface area contributed by atoms with Crippen LogP contribution in [0.3, 0.4) is 0 Å². The SMILES string of the molecule is N.N#Cc1ccc(C2CCC/C(=C/N=CC=O)N2)cc1. The Kier molecular flexibility index (Phi) is 6.14. The van der Waals surface area contributed by atoms with Crippen molar-refractivity contribution in [2.75, 3.05) is 0 Å². The van der Waals surface area contributed by atoms with E-state index in [1.54, 1.807) is 6.20 Å². The van der Waals surface area contributed by atoms with Gasteiger partial charge in [0.15, 0.2) is 6.29 Å². The molecule has 1 aliphatic heterocycles. The van der Waals surface area contributed by atoms with Crippen molar-refractivity contribution in [2.24, 2.45) is 4.99 Å². The second kappa shape index (κ2) is 7.87. The summed E-state index contributed by atoms with van der Waals surface area (Å²) in [6, 6.07) is 9.99. The summed E-state index contributed by atoms with van der Waals surface area (Å²) in [5.74, 6) is 0. The second-order valence-corrected chi connectivity index (χ2v) is 4.41. The molecular weight excluding hydrogens is 252 g/mol. The van der Waals surface area contributed by atoms with Gasteiger partial charge in [0.25, 0.3) is 0 Å². The van der Waals surface area contributed by atoms with Crippen molar-refractivity contribution in [3.63, 3.8) is 0 Å². The zero-order valence-corrected chi connectivity index (χ0v) is 11.2. The Morgan fingerprint density at radius 3 is 2.75 bits per heavy atom. The molecule has 0 bridgehead atoms. The molecule has 0 radical (unpaired) electrons. The number of benzene rings is 1. The average Bonchev–Trinajstić information content (AvgIpc) is 2.48. The van der Waals surface area contributed by atoms with Gasteiger partial charge in [0.1, 0.15) is 0 Å². The van der Waals surface area contributed by atoms with Crippen LogP contribution in [0.15, 0.2) is 41.2 Å². The third-order valence-electron chi connectivity index (χ3n) is 3.12. The van der Waals surface area contributed by atoms with Gasteiger partial charge < -0.3 is 11.5 Å². The van der Waals surface area contributed by atoms with Crippen molar-refractivity contribution in [1.29, 1.82) is 5.26 Å². The highest BCUT2D eigenvalue weighted by Crippen LogP contribution is 2.27. The number of piperidine rings is 1. The maximum Gasteiger partial charge on any atom is 0.161 e. The molecule has 0 saturated carbocycles. The van der Waals surface area contributed by atoms with E-state index in [1.807, 2.05) is 24.3 Å². The summed E-state index contributed by atoms with van der Waals surface area (Å²) in [6.07, 6.45) is 6.69. The first-order valence-electron chi connectivity index (χ1n) is 6.26. The van der Waals surface area contributed by atoms with Crippen molar-refractivity contribution in [3.05, 3.63) is 47.3 Å². The Bertz CT molecular complexity index is 540. The summed E-state index contributed by atoms with van der Waals surface area (Å²) in [5, 5.41) is 12.2. The second-order valence-electron chi connectivity index (χ2n) is 4.41. The first kappa shape index (κ1) is 15.6. The molecule has 2 rings (SSSR count). The molecule has 0 amide bonds. The van der Waals surface area contributed by atoms with Crippen molar-refractivity contribution < 1.29 is 4.79 Å². The third kappa shape index (κ3) is 4.04. The van der Waals surface area contributed by atoms with Crippen molar-refractivity contribution in [2.45, 2.75) is 25.3 Å². The maximum atomic E-state index is 10.2. The molecule has 1 heterocycles. The standard InChI is InChI=1S/C15H15N3O.H3N/c16-10-12-4-6-13(7-5-12)15-3-1-2-14(18-15)11-17-8-9-19;/h4-9,11,15,18H,1-3H2;1H3/b14-11-,17-8?;. The van der Waals surface area contributed by atoms with E-state index in [4.69, 9.17) is 5.26 Å². The zero-order chi connectivity index (χ0) is 13.5. The highest BCUT2D eigenvalue weighted by atomic mass is 16.1. The van der Waals surface area contributed by atoms with Crippen LogP contribution in [0.2, 0.25) is 0 Å². The van der Waals surface area contributed by atoms with E-state index in [0.717, 1.165) is 25.0 Å². The Balaban J connectivity index is 0.00000200. The molecule has 5 nitrogen and oxygen atoms in total. The van der Waals surface area contributed by atoms with Crippen LogP contribution in [0.5, 0.6) is 0 Å². The molecule has 1 aliphatic rings. The van der Waals surface area contributed by atoms with E-state index in [0.29, 0.717) is 11.8 Å². The number of aldehydes is 1. The summed E-state index contributed by atoms with van der Waals surface area (Å²) in [7, 11) is 0. The van der Waals surface area contributed by atoms with Gasteiger partial charge in [-0.05, 0) is 37.0 Å². The molecule has 0 aromatic heterocycles. The monoisotopic (exact) mass is 270 g/mol. The van der Waals surface area contributed by atoms with Crippen LogP contribution >= 0.6 is 0 Å². The first-order chi connectivity index (χ1) is 9.33. The van der Waals surface area contributed by atoms with Crippen molar-refractivity contribution in [1.82, 2.24) is 11.5 Å². The molecule has 5 heteroatoms. The molecule has 1 saturated heterocycles. The van der Waals surface area contributed by atoms with Crippen LogP contribution in [0.4, 0.5) is 0 Å². The predicted molar refractivity (Wildman–Crippen MR) is 78.5 cm³/mol. The number of nitrogens with one attached hydrogen (secondary N) is 1. The zero-order valence-electron chi connectivity index (χ0n) is 11.2. The highest BCUT2D eigenvalue weighted by Gasteiger charge is 2.17. The summed E-state index contributed by atoms with van der Waals surface area (Å²) >= 11 is 0. The number of hydrogen-bond donors (Lipinski definition) is 2. The molecule has 0 spiro atoms.